The first-order chi connectivity index (χ1) is 17.3. The highest BCUT2D eigenvalue weighted by atomic mass is 19.3. The van der Waals surface area contributed by atoms with E-state index in [1.807, 2.05) is 24.3 Å². The third-order valence-electron chi connectivity index (χ3n) is 5.75. The maximum atomic E-state index is 14.9. The lowest BCUT2D eigenvalue weighted by Crippen LogP contribution is -2.48. The van der Waals surface area contributed by atoms with Crippen LogP contribution in [0.25, 0.3) is 0 Å². The average molecular weight is 508 g/mol. The number of carbonyl (C=O) groups is 3. The topological polar surface area (TPSA) is 88.2 Å². The van der Waals surface area contributed by atoms with Crippen molar-refractivity contribution in [3.05, 3.63) is 65.0 Å². The van der Waals surface area contributed by atoms with Crippen LogP contribution < -0.4 is 10.1 Å². The third-order valence-corrected chi connectivity index (χ3v) is 5.75. The molecule has 0 spiro atoms. The quantitative estimate of drug-likeness (QED) is 0.500. The number of Topliss-reactive ketones (excluding diaryl/α,β-unsaturated/α-hetero) is 1. The van der Waals surface area contributed by atoms with Crippen molar-refractivity contribution in [3.63, 3.8) is 0 Å². The molecule has 2 aromatic carbocycles. The lowest BCUT2D eigenvalue weighted by molar-refractivity contribution is -0.131. The van der Waals surface area contributed by atoms with Crippen LogP contribution in [0, 0.1) is 5.82 Å². The van der Waals surface area contributed by atoms with Crippen molar-refractivity contribution in [1.29, 1.82) is 0 Å². The molecule has 8 nitrogen and oxygen atoms in total. The normalized spacial score (nSPS) is 13.4. The summed E-state index contributed by atoms with van der Waals surface area (Å²) in [5.74, 6) is -2.33. The molecule has 194 valence electrons. The number of amides is 3. The number of urea groups is 1. The van der Waals surface area contributed by atoms with Crippen LogP contribution in [0.3, 0.4) is 0 Å². The van der Waals surface area contributed by atoms with E-state index in [2.05, 4.69) is 0 Å². The number of hydrogen-bond donors (Lipinski definition) is 1. The molecule has 0 aliphatic carbocycles. The Balaban J connectivity index is 1.74. The number of methoxy groups -OCH3 is 1. The Morgan fingerprint density at radius 1 is 1.11 bits per heavy atom. The molecule has 0 saturated carbocycles. The van der Waals surface area contributed by atoms with Gasteiger partial charge >= 0.3 is 12.5 Å². The number of halogens is 3. The maximum Gasteiger partial charge on any atom is 0.320 e. The van der Waals surface area contributed by atoms with Crippen LogP contribution in [0.5, 0.6) is 5.75 Å². The molecule has 36 heavy (non-hydrogen) atoms. The highest BCUT2D eigenvalue weighted by Gasteiger charge is 2.24. The van der Waals surface area contributed by atoms with Crippen LogP contribution in [-0.2, 0) is 22.5 Å². The van der Waals surface area contributed by atoms with Crippen molar-refractivity contribution < 1.29 is 37.0 Å². The molecule has 0 atom stereocenters. The van der Waals surface area contributed by atoms with E-state index in [4.69, 9.17) is 9.47 Å². The van der Waals surface area contributed by atoms with Crippen molar-refractivity contribution in [1.82, 2.24) is 15.1 Å². The molecule has 3 amide bonds. The van der Waals surface area contributed by atoms with Gasteiger partial charge in [-0.05, 0) is 24.1 Å². The number of hydrogen-bond acceptors (Lipinski definition) is 5. The molecule has 1 fully saturated rings. The predicted molar refractivity (Wildman–Crippen MR) is 125 cm³/mol. The second-order valence-electron chi connectivity index (χ2n) is 8.11. The van der Waals surface area contributed by atoms with Crippen molar-refractivity contribution >= 4 is 17.7 Å². The lowest BCUT2D eigenvalue weighted by Gasteiger charge is -2.33. The van der Waals surface area contributed by atoms with Crippen molar-refractivity contribution in [2.45, 2.75) is 19.4 Å². The van der Waals surface area contributed by atoms with Gasteiger partial charge in [0.2, 0.25) is 0 Å². The monoisotopic (exact) mass is 507 g/mol. The fourth-order valence-corrected chi connectivity index (χ4v) is 3.76. The number of carbonyl (C=O) groups excluding carboxylic acids is 3. The minimum atomic E-state index is -3.25. The second-order valence-corrected chi connectivity index (χ2v) is 8.11. The molecule has 1 saturated heterocycles. The number of morpholine rings is 1. The first-order valence-electron chi connectivity index (χ1n) is 11.4. The lowest BCUT2D eigenvalue weighted by atomic mass is 10.1. The largest absolute Gasteiger partial charge is 0.496 e. The Morgan fingerprint density at radius 2 is 1.83 bits per heavy atom. The van der Waals surface area contributed by atoms with Crippen LogP contribution in [0.15, 0.2) is 42.5 Å². The summed E-state index contributed by atoms with van der Waals surface area (Å²) in [6, 6.07) is 10.9. The van der Waals surface area contributed by atoms with E-state index in [1.54, 1.807) is 17.3 Å². The van der Waals surface area contributed by atoms with E-state index in [-0.39, 0.29) is 30.2 Å². The van der Waals surface area contributed by atoms with Gasteiger partial charge in [-0.1, -0.05) is 30.3 Å². The molecule has 11 heteroatoms. The Bertz CT molecular complexity index is 1080. The molecule has 1 N–H and O–H groups in total. The summed E-state index contributed by atoms with van der Waals surface area (Å²) in [5, 5.41) is 1.80. The minimum Gasteiger partial charge on any atom is -0.496 e. The number of alkyl halides is 2. The average Bonchev–Trinajstić information content (AvgIpc) is 2.90. The molecule has 0 unspecified atom stereocenters. The highest BCUT2D eigenvalue weighted by molar-refractivity contribution is 5.99. The molecule has 0 aromatic heterocycles. The molecule has 2 aromatic rings. The Morgan fingerprint density at radius 3 is 2.50 bits per heavy atom. The number of ether oxygens (including phenoxy) is 2. The summed E-state index contributed by atoms with van der Waals surface area (Å²) < 4.78 is 50.2. The number of nitrogens with zero attached hydrogens (tertiary/aromatic N) is 2. The van der Waals surface area contributed by atoms with Crippen molar-refractivity contribution in [2.24, 2.45) is 0 Å². The van der Waals surface area contributed by atoms with E-state index in [0.717, 1.165) is 11.6 Å². The molecule has 1 aliphatic heterocycles. The first-order valence-corrected chi connectivity index (χ1v) is 11.4. The van der Waals surface area contributed by atoms with Crippen LogP contribution in [0.2, 0.25) is 0 Å². The van der Waals surface area contributed by atoms with Gasteiger partial charge in [0.05, 0.1) is 33.4 Å². The maximum absolute atomic E-state index is 14.9. The van der Waals surface area contributed by atoms with Gasteiger partial charge < -0.3 is 24.6 Å². The summed E-state index contributed by atoms with van der Waals surface area (Å²) in [5.41, 5.74) is 1.00. The van der Waals surface area contributed by atoms with Gasteiger partial charge in [0.15, 0.2) is 5.78 Å². The molecule has 0 bridgehead atoms. The van der Waals surface area contributed by atoms with Crippen LogP contribution >= 0.6 is 0 Å². The summed E-state index contributed by atoms with van der Waals surface area (Å²) in [7, 11) is 1.56. The molecule has 1 aliphatic rings. The Labute approximate surface area is 207 Å². The fourth-order valence-electron chi connectivity index (χ4n) is 3.76. The Hall–Kier alpha value is -3.60. The van der Waals surface area contributed by atoms with E-state index in [1.165, 1.54) is 17.0 Å². The first kappa shape index (κ1) is 27.0. The molecule has 3 rings (SSSR count). The summed E-state index contributed by atoms with van der Waals surface area (Å²) in [6.45, 7) is 1.24. The third kappa shape index (κ3) is 7.20. The molecule has 0 radical (unpaired) electrons. The second kappa shape index (κ2) is 12.9. The molecular weight excluding hydrogens is 479 g/mol. The zero-order valence-corrected chi connectivity index (χ0v) is 19.8. The fraction of sp³-hybridized carbons (Fsp3) is 0.400. The zero-order valence-electron chi connectivity index (χ0n) is 19.8. The number of nitrogens with one attached hydrogen (secondary N) is 1. The number of rotatable bonds is 10. The van der Waals surface area contributed by atoms with E-state index >= 15 is 0 Å². The van der Waals surface area contributed by atoms with Gasteiger partial charge in [-0.15, -0.1) is 0 Å². The van der Waals surface area contributed by atoms with Gasteiger partial charge in [-0.3, -0.25) is 9.59 Å². The van der Waals surface area contributed by atoms with E-state index in [0.29, 0.717) is 38.5 Å². The predicted octanol–water partition coefficient (Wildman–Crippen LogP) is 2.90. The van der Waals surface area contributed by atoms with E-state index < -0.39 is 30.5 Å². The highest BCUT2D eigenvalue weighted by Crippen LogP contribution is 2.20. The van der Waals surface area contributed by atoms with Gasteiger partial charge in [-0.2, -0.15) is 8.78 Å². The SMILES string of the molecule is COc1ccccc1CCN(Cc1ccc(C(=O)CNC(=O)C(F)F)cc1F)C(=O)N1CCOCC1. The van der Waals surface area contributed by atoms with Crippen LogP contribution in [0.4, 0.5) is 18.0 Å². The molecular formula is C25H28F3N3O5. The summed E-state index contributed by atoms with van der Waals surface area (Å²) >= 11 is 0. The zero-order chi connectivity index (χ0) is 26.1. The minimum absolute atomic E-state index is 0.0479. The standard InChI is InChI=1S/C25H28F3N3O5/c1-35-22-5-3-2-4-17(22)8-9-31(25(34)30-10-12-36-13-11-30)16-19-7-6-18(14-20(19)26)21(32)15-29-24(33)23(27)28/h2-7,14,23H,8-13,15-16H2,1H3,(H,29,33). The van der Waals surface area contributed by atoms with Crippen molar-refractivity contribution in [2.75, 3.05) is 46.5 Å². The number of ketones is 1. The molecule has 1 heterocycles. The summed E-state index contributed by atoms with van der Waals surface area (Å²) in [6.07, 6.45) is -2.77. The van der Waals surface area contributed by atoms with Crippen LogP contribution in [0.1, 0.15) is 21.5 Å². The van der Waals surface area contributed by atoms with Crippen LogP contribution in [-0.4, -0.2) is 80.4 Å². The number of para-hydroxylation sites is 1. The van der Waals surface area contributed by atoms with E-state index in [9.17, 15) is 27.6 Å². The number of benzene rings is 2. The smallest absolute Gasteiger partial charge is 0.320 e. The summed E-state index contributed by atoms with van der Waals surface area (Å²) in [4.78, 5) is 39.6. The Kier molecular flexibility index (Phi) is 9.69. The van der Waals surface area contributed by atoms with Gasteiger partial charge in [0, 0.05) is 30.8 Å². The van der Waals surface area contributed by atoms with Gasteiger partial charge in [0.1, 0.15) is 11.6 Å². The van der Waals surface area contributed by atoms with Crippen molar-refractivity contribution in [3.8, 4) is 5.75 Å². The van der Waals surface area contributed by atoms with Gasteiger partial charge in [-0.25, -0.2) is 9.18 Å². The van der Waals surface area contributed by atoms with Gasteiger partial charge in [0.25, 0.3) is 5.91 Å².